The van der Waals surface area contributed by atoms with E-state index in [9.17, 15) is 0 Å². The molecule has 0 amide bonds. The fourth-order valence-electron chi connectivity index (χ4n) is 1.22. The van der Waals surface area contributed by atoms with Crippen LogP contribution >= 0.6 is 11.3 Å². The van der Waals surface area contributed by atoms with Gasteiger partial charge in [0.1, 0.15) is 11.5 Å². The van der Waals surface area contributed by atoms with Crippen LogP contribution in [-0.2, 0) is 0 Å². The zero-order valence-electron chi connectivity index (χ0n) is 9.20. The second-order valence-electron chi connectivity index (χ2n) is 3.30. The molecule has 90 valence electrons. The van der Waals surface area contributed by atoms with E-state index in [0.717, 1.165) is 11.5 Å². The van der Waals surface area contributed by atoms with E-state index in [4.69, 9.17) is 14.6 Å². The lowest BCUT2D eigenvalue weighted by Gasteiger charge is -2.06. The number of ether oxygens (including phenoxy) is 2. The maximum absolute atomic E-state index is 8.63. The molecule has 0 fully saturated rings. The monoisotopic (exact) mass is 251 g/mol. The summed E-state index contributed by atoms with van der Waals surface area (Å²) in [4.78, 5) is 4.03. The van der Waals surface area contributed by atoms with Crippen LogP contribution in [0.3, 0.4) is 0 Å². The Bertz CT molecular complexity index is 428. The lowest BCUT2D eigenvalue weighted by Crippen LogP contribution is -1.99. The van der Waals surface area contributed by atoms with E-state index < -0.39 is 0 Å². The molecule has 0 saturated heterocycles. The van der Waals surface area contributed by atoms with Gasteiger partial charge in [-0.15, -0.1) is 0 Å². The molecule has 17 heavy (non-hydrogen) atoms. The van der Waals surface area contributed by atoms with Crippen LogP contribution in [0.25, 0.3) is 0 Å². The highest BCUT2D eigenvalue weighted by Crippen LogP contribution is 2.25. The van der Waals surface area contributed by atoms with Crippen molar-refractivity contribution in [2.45, 2.75) is 6.42 Å². The zero-order valence-corrected chi connectivity index (χ0v) is 10.0. The molecule has 2 aromatic rings. The summed E-state index contributed by atoms with van der Waals surface area (Å²) in [6.07, 6.45) is 2.34. The van der Waals surface area contributed by atoms with Crippen LogP contribution in [0.4, 0.5) is 0 Å². The third-order valence-corrected chi connectivity index (χ3v) is 2.66. The SMILES string of the molecule is OCCCOc1ccc(Oc2nccs2)cc1. The van der Waals surface area contributed by atoms with Crippen molar-refractivity contribution in [3.63, 3.8) is 0 Å². The van der Waals surface area contributed by atoms with Gasteiger partial charge in [0.05, 0.1) is 6.61 Å². The average molecular weight is 251 g/mol. The molecule has 1 N–H and O–H groups in total. The lowest BCUT2D eigenvalue weighted by molar-refractivity contribution is 0.233. The van der Waals surface area contributed by atoms with Crippen LogP contribution in [0.1, 0.15) is 6.42 Å². The quantitative estimate of drug-likeness (QED) is 0.802. The van der Waals surface area contributed by atoms with E-state index in [0.29, 0.717) is 18.2 Å². The molecule has 2 rings (SSSR count). The van der Waals surface area contributed by atoms with Gasteiger partial charge in [0.25, 0.3) is 5.19 Å². The van der Waals surface area contributed by atoms with Crippen molar-refractivity contribution in [2.75, 3.05) is 13.2 Å². The minimum atomic E-state index is 0.144. The van der Waals surface area contributed by atoms with E-state index in [1.807, 2.05) is 29.6 Å². The molecule has 0 spiro atoms. The summed E-state index contributed by atoms with van der Waals surface area (Å²) in [5, 5.41) is 11.1. The summed E-state index contributed by atoms with van der Waals surface area (Å²) in [6, 6.07) is 7.33. The number of aliphatic hydroxyl groups excluding tert-OH is 1. The van der Waals surface area contributed by atoms with Gasteiger partial charge in [0.2, 0.25) is 0 Å². The molecule has 0 saturated carbocycles. The Hall–Kier alpha value is -1.59. The van der Waals surface area contributed by atoms with E-state index in [1.54, 1.807) is 6.20 Å². The minimum Gasteiger partial charge on any atom is -0.494 e. The zero-order chi connectivity index (χ0) is 11.9. The summed E-state index contributed by atoms with van der Waals surface area (Å²) in [5.41, 5.74) is 0. The van der Waals surface area contributed by atoms with Gasteiger partial charge >= 0.3 is 0 Å². The van der Waals surface area contributed by atoms with Crippen LogP contribution in [0.5, 0.6) is 16.7 Å². The first-order chi connectivity index (χ1) is 8.38. The normalized spacial score (nSPS) is 10.2. The van der Waals surface area contributed by atoms with Crippen molar-refractivity contribution < 1.29 is 14.6 Å². The molecule has 0 aliphatic rings. The molecule has 1 aromatic heterocycles. The third kappa shape index (κ3) is 3.72. The molecular weight excluding hydrogens is 238 g/mol. The molecular formula is C12H13NO3S. The highest BCUT2D eigenvalue weighted by Gasteiger charge is 2.00. The van der Waals surface area contributed by atoms with Crippen molar-refractivity contribution in [1.82, 2.24) is 4.98 Å². The highest BCUT2D eigenvalue weighted by atomic mass is 32.1. The number of aromatic nitrogens is 1. The summed E-state index contributed by atoms with van der Waals surface area (Å²) < 4.78 is 10.9. The summed E-state index contributed by atoms with van der Waals surface area (Å²) >= 11 is 1.45. The Labute approximate surface area is 103 Å². The lowest BCUT2D eigenvalue weighted by atomic mass is 10.3. The Morgan fingerprint density at radius 2 is 1.94 bits per heavy atom. The minimum absolute atomic E-state index is 0.144. The predicted octanol–water partition coefficient (Wildman–Crippen LogP) is 2.70. The Kier molecular flexibility index (Phi) is 4.35. The topological polar surface area (TPSA) is 51.6 Å². The van der Waals surface area contributed by atoms with Crippen LogP contribution in [0.2, 0.25) is 0 Å². The second-order valence-corrected chi connectivity index (χ2v) is 4.15. The van der Waals surface area contributed by atoms with Crippen molar-refractivity contribution in [2.24, 2.45) is 0 Å². The fraction of sp³-hybridized carbons (Fsp3) is 0.250. The molecule has 5 heteroatoms. The summed E-state index contributed by atoms with van der Waals surface area (Å²) in [6.45, 7) is 0.661. The Morgan fingerprint density at radius 1 is 1.18 bits per heavy atom. The number of thiazole rings is 1. The maximum Gasteiger partial charge on any atom is 0.278 e. The van der Waals surface area contributed by atoms with Gasteiger partial charge in [-0.2, -0.15) is 0 Å². The van der Waals surface area contributed by atoms with Crippen LogP contribution in [0.15, 0.2) is 35.8 Å². The average Bonchev–Trinajstić information content (AvgIpc) is 2.85. The van der Waals surface area contributed by atoms with Gasteiger partial charge in [-0.1, -0.05) is 11.3 Å². The second kappa shape index (κ2) is 6.22. The summed E-state index contributed by atoms with van der Waals surface area (Å²) in [7, 11) is 0. The first-order valence-corrected chi connectivity index (χ1v) is 6.17. The van der Waals surface area contributed by atoms with Crippen LogP contribution in [0, 0.1) is 0 Å². The van der Waals surface area contributed by atoms with E-state index >= 15 is 0 Å². The van der Waals surface area contributed by atoms with Gasteiger partial charge in [-0.25, -0.2) is 4.98 Å². The molecule has 0 bridgehead atoms. The number of hydrogen-bond acceptors (Lipinski definition) is 5. The molecule has 0 atom stereocenters. The van der Waals surface area contributed by atoms with Gasteiger partial charge < -0.3 is 14.6 Å². The smallest absolute Gasteiger partial charge is 0.278 e. The molecule has 1 aromatic carbocycles. The van der Waals surface area contributed by atoms with Gasteiger partial charge in [-0.05, 0) is 24.3 Å². The Balaban J connectivity index is 1.89. The molecule has 0 radical (unpaired) electrons. The van der Waals surface area contributed by atoms with Crippen LogP contribution < -0.4 is 9.47 Å². The van der Waals surface area contributed by atoms with Crippen molar-refractivity contribution >= 4 is 11.3 Å². The number of benzene rings is 1. The molecule has 0 aliphatic heterocycles. The first kappa shape index (κ1) is 11.9. The largest absolute Gasteiger partial charge is 0.494 e. The summed E-state index contributed by atoms with van der Waals surface area (Å²) in [5.74, 6) is 1.50. The third-order valence-electron chi connectivity index (χ3n) is 2.01. The predicted molar refractivity (Wildman–Crippen MR) is 65.8 cm³/mol. The van der Waals surface area contributed by atoms with E-state index in [2.05, 4.69) is 4.98 Å². The first-order valence-electron chi connectivity index (χ1n) is 5.29. The molecule has 0 aliphatic carbocycles. The van der Waals surface area contributed by atoms with Crippen molar-refractivity contribution in [3.05, 3.63) is 35.8 Å². The van der Waals surface area contributed by atoms with Gasteiger partial charge in [0, 0.05) is 24.6 Å². The number of rotatable bonds is 6. The molecule has 4 nitrogen and oxygen atoms in total. The van der Waals surface area contributed by atoms with Crippen molar-refractivity contribution in [1.29, 1.82) is 0 Å². The number of aliphatic hydroxyl groups is 1. The molecule has 0 unspecified atom stereocenters. The van der Waals surface area contributed by atoms with Gasteiger partial charge in [-0.3, -0.25) is 0 Å². The van der Waals surface area contributed by atoms with Gasteiger partial charge in [0.15, 0.2) is 0 Å². The van der Waals surface area contributed by atoms with Crippen LogP contribution in [-0.4, -0.2) is 23.3 Å². The highest BCUT2D eigenvalue weighted by molar-refractivity contribution is 7.11. The molecule has 1 heterocycles. The standard InChI is InChI=1S/C12H13NO3S/c14-7-1-8-15-10-2-4-11(5-3-10)16-12-13-6-9-17-12/h2-6,9,14H,1,7-8H2. The maximum atomic E-state index is 8.63. The number of nitrogens with zero attached hydrogens (tertiary/aromatic N) is 1. The van der Waals surface area contributed by atoms with Crippen molar-refractivity contribution in [3.8, 4) is 16.7 Å². The van der Waals surface area contributed by atoms with E-state index in [-0.39, 0.29) is 6.61 Å². The number of hydrogen-bond donors (Lipinski definition) is 1. The Morgan fingerprint density at radius 3 is 2.59 bits per heavy atom. The van der Waals surface area contributed by atoms with E-state index in [1.165, 1.54) is 11.3 Å². The fourth-order valence-corrected chi connectivity index (χ4v) is 1.72.